The van der Waals surface area contributed by atoms with E-state index in [0.29, 0.717) is 27.0 Å². The first kappa shape index (κ1) is 18.7. The van der Waals surface area contributed by atoms with Crippen LogP contribution in [-0.4, -0.2) is 15.9 Å². The van der Waals surface area contributed by atoms with Crippen LogP contribution in [0.2, 0.25) is 15.2 Å². The van der Waals surface area contributed by atoms with Crippen molar-refractivity contribution in [3.8, 4) is 0 Å². The molecule has 0 spiro atoms. The molecule has 23 heavy (non-hydrogen) atoms. The molecule has 1 unspecified atom stereocenters. The molecule has 2 aromatic heterocycles. The first-order valence-electron chi connectivity index (χ1n) is 6.69. The molecule has 0 aromatic carbocycles. The maximum atomic E-state index is 12.2. The number of amides is 1. The minimum atomic E-state index is -0.331. The van der Waals surface area contributed by atoms with E-state index >= 15 is 0 Å². The molecule has 1 atom stereocenters. The number of aromatic nitrogens is 2. The molecule has 2 heterocycles. The first-order chi connectivity index (χ1) is 10.8. The number of rotatable bonds is 4. The number of pyridine rings is 2. The third kappa shape index (κ3) is 4.92. The summed E-state index contributed by atoms with van der Waals surface area (Å²) < 4.78 is 0.930. The maximum Gasteiger partial charge on any atom is 0.225 e. The molecule has 2 aromatic rings. The highest BCUT2D eigenvalue weighted by Crippen LogP contribution is 2.25. The van der Waals surface area contributed by atoms with E-state index in [9.17, 15) is 4.79 Å². The highest BCUT2D eigenvalue weighted by Gasteiger charge is 2.17. The summed E-state index contributed by atoms with van der Waals surface area (Å²) in [4.78, 5) is 20.6. The molecule has 2 rings (SSSR count). The molecular weight excluding hydrogens is 471 g/mol. The second-order valence-corrected chi connectivity index (χ2v) is 7.42. The smallest absolute Gasteiger partial charge is 0.225 e. The zero-order valence-corrected chi connectivity index (χ0v) is 16.8. The number of hydrogen-bond donors (Lipinski definition) is 1. The van der Waals surface area contributed by atoms with Crippen molar-refractivity contribution < 1.29 is 4.79 Å². The predicted molar refractivity (Wildman–Crippen MR) is 101 cm³/mol. The van der Waals surface area contributed by atoms with Gasteiger partial charge < -0.3 is 5.32 Å². The number of nitrogens with one attached hydrogen (secondary N) is 1. The number of nitrogens with zero attached hydrogens (tertiary/aromatic N) is 2. The van der Waals surface area contributed by atoms with Gasteiger partial charge in [0.05, 0.1) is 23.2 Å². The summed E-state index contributed by atoms with van der Waals surface area (Å²) in [5, 5.41) is 4.02. The van der Waals surface area contributed by atoms with Crippen LogP contribution in [0.3, 0.4) is 0 Å². The van der Waals surface area contributed by atoms with Gasteiger partial charge >= 0.3 is 0 Å². The monoisotopic (exact) mass is 483 g/mol. The Hall–Kier alpha value is -0.630. The summed E-state index contributed by atoms with van der Waals surface area (Å²) in [6.07, 6.45) is 1.74. The van der Waals surface area contributed by atoms with Gasteiger partial charge in [0, 0.05) is 26.0 Å². The van der Waals surface area contributed by atoms with Gasteiger partial charge in [-0.2, -0.15) is 0 Å². The third-order valence-electron chi connectivity index (χ3n) is 3.11. The SMILES string of the molecule is Cc1cc(Cl)c(CC(=O)NC(C)c2ncc(I)cc2Cl)c(Cl)n1. The van der Waals surface area contributed by atoms with Gasteiger partial charge in [0.15, 0.2) is 0 Å². The summed E-state index contributed by atoms with van der Waals surface area (Å²) in [7, 11) is 0. The summed E-state index contributed by atoms with van der Waals surface area (Å²) in [5.41, 5.74) is 1.82. The quantitative estimate of drug-likeness (QED) is 0.503. The van der Waals surface area contributed by atoms with Crippen molar-refractivity contribution in [3.63, 3.8) is 0 Å². The van der Waals surface area contributed by atoms with Gasteiger partial charge in [-0.25, -0.2) is 4.98 Å². The fraction of sp³-hybridized carbons (Fsp3) is 0.267. The van der Waals surface area contributed by atoms with Crippen LogP contribution in [0.25, 0.3) is 0 Å². The van der Waals surface area contributed by atoms with Crippen molar-refractivity contribution in [1.29, 1.82) is 0 Å². The zero-order chi connectivity index (χ0) is 17.1. The minimum absolute atomic E-state index is 0.0390. The lowest BCUT2D eigenvalue weighted by Crippen LogP contribution is -2.29. The lowest BCUT2D eigenvalue weighted by molar-refractivity contribution is -0.121. The minimum Gasteiger partial charge on any atom is -0.348 e. The van der Waals surface area contributed by atoms with Crippen molar-refractivity contribution in [2.75, 3.05) is 0 Å². The van der Waals surface area contributed by atoms with Gasteiger partial charge in [0.1, 0.15) is 5.15 Å². The van der Waals surface area contributed by atoms with Gasteiger partial charge in [0.2, 0.25) is 5.91 Å². The largest absolute Gasteiger partial charge is 0.348 e. The molecule has 0 aliphatic carbocycles. The standard InChI is InChI=1S/C15H13Cl3IN3O/c1-7-3-11(16)10(15(18)21-7)5-13(23)22-8(2)14-12(17)4-9(19)6-20-14/h3-4,6,8H,5H2,1-2H3,(H,22,23). The van der Waals surface area contributed by atoms with Crippen LogP contribution < -0.4 is 5.32 Å². The molecule has 0 aliphatic heterocycles. The number of carbonyl (C=O) groups is 1. The topological polar surface area (TPSA) is 54.9 Å². The van der Waals surface area contributed by atoms with Gasteiger partial charge in [-0.3, -0.25) is 9.78 Å². The summed E-state index contributed by atoms with van der Waals surface area (Å²) in [5.74, 6) is -0.233. The Morgan fingerprint density at radius 3 is 2.61 bits per heavy atom. The average Bonchev–Trinajstić information content (AvgIpc) is 2.42. The summed E-state index contributed by atoms with van der Waals surface area (Å²) >= 11 is 20.5. The fourth-order valence-corrected chi connectivity index (χ4v) is 3.68. The molecule has 4 nitrogen and oxygen atoms in total. The normalized spacial score (nSPS) is 12.1. The Labute approximate surface area is 163 Å². The van der Waals surface area contributed by atoms with Crippen LogP contribution in [0.1, 0.15) is 29.9 Å². The van der Waals surface area contributed by atoms with Crippen LogP contribution in [0.5, 0.6) is 0 Å². The molecule has 0 radical (unpaired) electrons. The van der Waals surface area contributed by atoms with Crippen LogP contribution >= 0.6 is 57.4 Å². The highest BCUT2D eigenvalue weighted by atomic mass is 127. The summed E-state index contributed by atoms with van der Waals surface area (Å²) in [6, 6.07) is 3.14. The number of halogens is 4. The van der Waals surface area contributed by atoms with E-state index in [1.165, 1.54) is 0 Å². The Bertz CT molecular complexity index is 732. The van der Waals surface area contributed by atoms with Crippen molar-refractivity contribution in [2.24, 2.45) is 0 Å². The average molecular weight is 485 g/mol. The summed E-state index contributed by atoms with van der Waals surface area (Å²) in [6.45, 7) is 3.60. The second-order valence-electron chi connectivity index (χ2n) is 5.00. The molecule has 1 N–H and O–H groups in total. The van der Waals surface area contributed by atoms with Crippen molar-refractivity contribution in [2.45, 2.75) is 26.3 Å². The number of aryl methyl sites for hydroxylation is 1. The van der Waals surface area contributed by atoms with Crippen LogP contribution in [0, 0.1) is 10.5 Å². The fourth-order valence-electron chi connectivity index (χ4n) is 2.05. The van der Waals surface area contributed by atoms with Crippen LogP contribution in [-0.2, 0) is 11.2 Å². The Morgan fingerprint density at radius 2 is 2.00 bits per heavy atom. The van der Waals surface area contributed by atoms with Gasteiger partial charge in [-0.15, -0.1) is 0 Å². The van der Waals surface area contributed by atoms with Crippen LogP contribution in [0.15, 0.2) is 18.3 Å². The molecule has 1 amide bonds. The lowest BCUT2D eigenvalue weighted by Gasteiger charge is -2.15. The van der Waals surface area contributed by atoms with Crippen molar-refractivity contribution in [1.82, 2.24) is 15.3 Å². The molecule has 0 fully saturated rings. The van der Waals surface area contributed by atoms with Gasteiger partial charge in [0.25, 0.3) is 0 Å². The Morgan fingerprint density at radius 1 is 1.30 bits per heavy atom. The van der Waals surface area contributed by atoms with E-state index in [0.717, 1.165) is 3.57 Å². The lowest BCUT2D eigenvalue weighted by atomic mass is 10.1. The van der Waals surface area contributed by atoms with E-state index in [2.05, 4.69) is 37.9 Å². The van der Waals surface area contributed by atoms with Crippen LogP contribution in [0.4, 0.5) is 0 Å². The first-order valence-corrected chi connectivity index (χ1v) is 8.91. The molecule has 122 valence electrons. The van der Waals surface area contributed by atoms with Gasteiger partial charge in [-0.05, 0) is 48.6 Å². The molecule has 0 saturated carbocycles. The van der Waals surface area contributed by atoms with E-state index in [4.69, 9.17) is 34.8 Å². The second kappa shape index (κ2) is 7.96. The van der Waals surface area contributed by atoms with E-state index < -0.39 is 0 Å². The Balaban J connectivity index is 2.10. The molecule has 0 aliphatic rings. The molecule has 8 heteroatoms. The van der Waals surface area contributed by atoms with Crippen molar-refractivity contribution in [3.05, 3.63) is 54.0 Å². The zero-order valence-electron chi connectivity index (χ0n) is 12.3. The van der Waals surface area contributed by atoms with E-state index in [-0.39, 0.29) is 23.5 Å². The number of hydrogen-bond acceptors (Lipinski definition) is 3. The maximum absolute atomic E-state index is 12.2. The van der Waals surface area contributed by atoms with E-state index in [1.807, 2.05) is 6.92 Å². The highest BCUT2D eigenvalue weighted by molar-refractivity contribution is 14.1. The number of carbonyl (C=O) groups excluding carboxylic acids is 1. The van der Waals surface area contributed by atoms with Crippen molar-refractivity contribution >= 4 is 63.3 Å². The van der Waals surface area contributed by atoms with E-state index in [1.54, 1.807) is 25.3 Å². The van der Waals surface area contributed by atoms with Gasteiger partial charge in [-0.1, -0.05) is 34.8 Å². The predicted octanol–water partition coefficient (Wildman–Crippen LogP) is 4.77. The molecule has 0 bridgehead atoms. The molecular formula is C15H13Cl3IN3O. The Kier molecular flexibility index (Phi) is 6.48. The molecule has 0 saturated heterocycles. The third-order valence-corrected chi connectivity index (χ3v) is 4.65.